The molecule has 0 unspecified atom stereocenters. The van der Waals surface area contributed by atoms with Gasteiger partial charge in [-0.1, -0.05) is 34.1 Å². The summed E-state index contributed by atoms with van der Waals surface area (Å²) in [5.74, 6) is -0.0127. The van der Waals surface area contributed by atoms with Gasteiger partial charge in [0.1, 0.15) is 5.69 Å². The van der Waals surface area contributed by atoms with E-state index < -0.39 is 0 Å². The predicted octanol–water partition coefficient (Wildman–Crippen LogP) is 4.79. The molecule has 1 aromatic carbocycles. The van der Waals surface area contributed by atoms with E-state index in [0.717, 1.165) is 14.5 Å². The third-order valence-corrected chi connectivity index (χ3v) is 4.19. The van der Waals surface area contributed by atoms with Gasteiger partial charge in [-0.25, -0.2) is 0 Å². The zero-order chi connectivity index (χ0) is 13.1. The van der Waals surface area contributed by atoms with Gasteiger partial charge >= 0.3 is 0 Å². The lowest BCUT2D eigenvalue weighted by Crippen LogP contribution is -2.07. The molecule has 0 atom stereocenters. The summed E-state index contributed by atoms with van der Waals surface area (Å²) < 4.78 is 2.48. The number of pyridine rings is 1. The number of aromatic nitrogens is 1. The van der Waals surface area contributed by atoms with E-state index >= 15 is 0 Å². The first-order chi connectivity index (χ1) is 8.58. The van der Waals surface area contributed by atoms with Crippen molar-refractivity contribution in [3.05, 3.63) is 61.2 Å². The first kappa shape index (κ1) is 13.9. The molecule has 2 aromatic rings. The molecule has 2 rings (SSSR count). The van der Waals surface area contributed by atoms with Crippen LogP contribution in [0, 0.1) is 0 Å². The molecule has 18 heavy (non-hydrogen) atoms. The Bertz CT molecular complexity index is 599. The van der Waals surface area contributed by atoms with Gasteiger partial charge in [-0.2, -0.15) is 0 Å². The van der Waals surface area contributed by atoms with Gasteiger partial charge in [0.05, 0.1) is 0 Å². The van der Waals surface area contributed by atoms with E-state index in [2.05, 4.69) is 52.8 Å². The van der Waals surface area contributed by atoms with Crippen LogP contribution in [0.5, 0.6) is 0 Å². The molecule has 0 N–H and O–H groups in total. The number of rotatable bonds is 3. The number of hydrogen-bond acceptors (Lipinski definition) is 2. The van der Waals surface area contributed by atoms with Crippen molar-refractivity contribution in [3.63, 3.8) is 0 Å². The van der Waals surface area contributed by atoms with E-state index in [0.29, 0.717) is 16.6 Å². The quantitative estimate of drug-likeness (QED) is 0.651. The summed E-state index contributed by atoms with van der Waals surface area (Å²) in [4.78, 5) is 16.3. The molecule has 0 amide bonds. The van der Waals surface area contributed by atoms with Gasteiger partial charge in [0, 0.05) is 26.0 Å². The van der Waals surface area contributed by atoms with Crippen LogP contribution >= 0.6 is 47.8 Å². The van der Waals surface area contributed by atoms with Crippen molar-refractivity contribution in [1.29, 1.82) is 0 Å². The summed E-state index contributed by atoms with van der Waals surface area (Å²) in [6, 6.07) is 9.50. The van der Waals surface area contributed by atoms with Crippen LogP contribution in [0.3, 0.4) is 0 Å². The highest BCUT2D eigenvalue weighted by atomic mass is 79.9. The van der Waals surface area contributed by atoms with Gasteiger partial charge in [-0.05, 0) is 49.6 Å². The molecule has 0 fully saturated rings. The lowest BCUT2D eigenvalue weighted by atomic mass is 10.1. The van der Waals surface area contributed by atoms with E-state index in [9.17, 15) is 4.79 Å². The van der Waals surface area contributed by atoms with Crippen molar-refractivity contribution in [2.24, 2.45) is 0 Å². The number of nitrogens with zero attached hydrogens (tertiary/aromatic N) is 1. The first-order valence-corrected chi connectivity index (χ1v) is 7.53. The fourth-order valence-corrected chi connectivity index (χ4v) is 3.15. The zero-order valence-electron chi connectivity index (χ0n) is 9.16. The number of benzene rings is 1. The standard InChI is InChI=1S/C13H8Br3NO/c14-9-6-11(16)13(17-7-9)12(18)5-8-3-1-2-4-10(8)15/h1-4,6-7H,5H2. The van der Waals surface area contributed by atoms with Gasteiger partial charge in [-0.3, -0.25) is 9.78 Å². The summed E-state index contributed by atoms with van der Waals surface area (Å²) in [6.45, 7) is 0. The van der Waals surface area contributed by atoms with E-state index in [1.165, 1.54) is 0 Å². The molecule has 92 valence electrons. The molecule has 1 heterocycles. The van der Waals surface area contributed by atoms with Gasteiger partial charge in [0.15, 0.2) is 5.78 Å². The number of halogens is 3. The number of ketones is 1. The van der Waals surface area contributed by atoms with Crippen LogP contribution in [-0.4, -0.2) is 10.8 Å². The molecule has 0 aliphatic rings. The Kier molecular flexibility index (Phi) is 4.70. The largest absolute Gasteiger partial charge is 0.292 e. The van der Waals surface area contributed by atoms with E-state index in [1.807, 2.05) is 30.3 Å². The van der Waals surface area contributed by atoms with Crippen LogP contribution in [0.2, 0.25) is 0 Å². The molecule has 0 aliphatic heterocycles. The molecular weight excluding hydrogens is 426 g/mol. The van der Waals surface area contributed by atoms with Gasteiger partial charge in [0.2, 0.25) is 0 Å². The lowest BCUT2D eigenvalue weighted by molar-refractivity contribution is 0.0987. The highest BCUT2D eigenvalue weighted by molar-refractivity contribution is 9.11. The van der Waals surface area contributed by atoms with Gasteiger partial charge in [-0.15, -0.1) is 0 Å². The molecule has 2 nitrogen and oxygen atoms in total. The summed E-state index contributed by atoms with van der Waals surface area (Å²) in [7, 11) is 0. The first-order valence-electron chi connectivity index (χ1n) is 5.15. The lowest BCUT2D eigenvalue weighted by Gasteiger charge is -2.05. The van der Waals surface area contributed by atoms with E-state index in [4.69, 9.17) is 0 Å². The molecule has 0 bridgehead atoms. The highest BCUT2D eigenvalue weighted by Gasteiger charge is 2.14. The molecule has 0 saturated heterocycles. The normalized spacial score (nSPS) is 10.4. The monoisotopic (exact) mass is 431 g/mol. The summed E-state index contributed by atoms with van der Waals surface area (Å²) in [5, 5.41) is 0. The molecule has 0 spiro atoms. The van der Waals surface area contributed by atoms with Gasteiger partial charge < -0.3 is 0 Å². The van der Waals surface area contributed by atoms with E-state index in [1.54, 1.807) is 6.20 Å². The fourth-order valence-electron chi connectivity index (χ4n) is 1.52. The molecular formula is C13H8Br3NO. The van der Waals surface area contributed by atoms with Crippen molar-refractivity contribution in [2.45, 2.75) is 6.42 Å². The Morgan fingerprint density at radius 2 is 1.83 bits per heavy atom. The van der Waals surface area contributed by atoms with Crippen molar-refractivity contribution < 1.29 is 4.79 Å². The van der Waals surface area contributed by atoms with Crippen LogP contribution < -0.4 is 0 Å². The van der Waals surface area contributed by atoms with Crippen LogP contribution in [0.1, 0.15) is 16.1 Å². The number of hydrogen-bond donors (Lipinski definition) is 0. The number of carbonyl (C=O) groups is 1. The Hall–Kier alpha value is -0.520. The molecule has 0 aliphatic carbocycles. The smallest absolute Gasteiger partial charge is 0.186 e. The van der Waals surface area contributed by atoms with Crippen LogP contribution in [0.25, 0.3) is 0 Å². The van der Waals surface area contributed by atoms with Crippen LogP contribution in [0.4, 0.5) is 0 Å². The molecule has 0 saturated carbocycles. The molecule has 0 radical (unpaired) electrons. The Morgan fingerprint density at radius 3 is 2.50 bits per heavy atom. The maximum Gasteiger partial charge on any atom is 0.186 e. The highest BCUT2D eigenvalue weighted by Crippen LogP contribution is 2.23. The molecule has 1 aromatic heterocycles. The topological polar surface area (TPSA) is 30.0 Å². The fraction of sp³-hybridized carbons (Fsp3) is 0.0769. The summed E-state index contributed by atoms with van der Waals surface area (Å²) in [6.07, 6.45) is 1.95. The third kappa shape index (κ3) is 3.28. The third-order valence-electron chi connectivity index (χ3n) is 2.38. The second-order valence-corrected chi connectivity index (χ2v) is 6.30. The zero-order valence-corrected chi connectivity index (χ0v) is 13.9. The minimum absolute atomic E-state index is 0.0127. The maximum atomic E-state index is 12.2. The SMILES string of the molecule is O=C(Cc1ccccc1Br)c1ncc(Br)cc1Br. The maximum absolute atomic E-state index is 12.2. The predicted molar refractivity (Wildman–Crippen MR) is 81.8 cm³/mol. The summed E-state index contributed by atoms with van der Waals surface area (Å²) in [5.41, 5.74) is 1.41. The number of Topliss-reactive ketones (excluding diaryl/α,β-unsaturated/α-hetero) is 1. The Labute approximate surface area is 130 Å². The van der Waals surface area contributed by atoms with Crippen molar-refractivity contribution in [2.75, 3.05) is 0 Å². The number of carbonyl (C=O) groups excluding carboxylic acids is 1. The average molecular weight is 434 g/mol. The van der Waals surface area contributed by atoms with Crippen LogP contribution in [-0.2, 0) is 6.42 Å². The van der Waals surface area contributed by atoms with E-state index in [-0.39, 0.29) is 5.78 Å². The average Bonchev–Trinajstić information content (AvgIpc) is 2.32. The Balaban J connectivity index is 2.25. The summed E-state index contributed by atoms with van der Waals surface area (Å²) >= 11 is 10.1. The minimum atomic E-state index is -0.0127. The van der Waals surface area contributed by atoms with Crippen molar-refractivity contribution in [3.8, 4) is 0 Å². The second-order valence-electron chi connectivity index (χ2n) is 3.68. The Morgan fingerprint density at radius 1 is 1.11 bits per heavy atom. The second kappa shape index (κ2) is 6.08. The van der Waals surface area contributed by atoms with Crippen molar-refractivity contribution in [1.82, 2.24) is 4.98 Å². The van der Waals surface area contributed by atoms with Crippen LogP contribution in [0.15, 0.2) is 49.9 Å². The minimum Gasteiger partial charge on any atom is -0.292 e. The van der Waals surface area contributed by atoms with Crippen molar-refractivity contribution >= 4 is 53.6 Å². The van der Waals surface area contributed by atoms with Gasteiger partial charge in [0.25, 0.3) is 0 Å². The molecule has 5 heteroatoms.